The molecule has 0 bridgehead atoms. The molecule has 0 aliphatic rings. The molecule has 5 heteroatoms. The molecule has 1 aromatic rings. The van der Waals surface area contributed by atoms with Gasteiger partial charge in [-0.05, 0) is 36.5 Å². The Kier molecular flexibility index (Phi) is 6.76. The van der Waals surface area contributed by atoms with Gasteiger partial charge in [-0.3, -0.25) is 0 Å². The van der Waals surface area contributed by atoms with E-state index in [0.717, 1.165) is 24.5 Å². The summed E-state index contributed by atoms with van der Waals surface area (Å²) in [4.78, 5) is 0. The molecule has 88 valence electrons. The van der Waals surface area contributed by atoms with Crippen LogP contribution in [0.1, 0.15) is 6.42 Å². The molecule has 0 fully saturated rings. The Hall–Kier alpha value is -0.940. The molecule has 1 rings (SSSR count). The fourth-order valence-corrected chi connectivity index (χ4v) is 1.36. The Morgan fingerprint density at radius 2 is 2.00 bits per heavy atom. The zero-order valence-corrected chi connectivity index (χ0v) is 10.7. The highest BCUT2D eigenvalue weighted by atomic mass is 32.1. The van der Waals surface area contributed by atoms with Gasteiger partial charge in [0.2, 0.25) is 0 Å². The van der Waals surface area contributed by atoms with Gasteiger partial charge in [0.05, 0.1) is 0 Å². The first-order valence-corrected chi connectivity index (χ1v) is 6.17. The van der Waals surface area contributed by atoms with Crippen LogP contribution >= 0.6 is 24.8 Å². The van der Waals surface area contributed by atoms with Gasteiger partial charge in [0.15, 0.2) is 11.8 Å². The van der Waals surface area contributed by atoms with E-state index < -0.39 is 0 Å². The molecule has 0 aromatic heterocycles. The Balaban J connectivity index is 2.09. The molecule has 0 aliphatic heterocycles. The lowest BCUT2D eigenvalue weighted by Crippen LogP contribution is -2.37. The second kappa shape index (κ2) is 8.24. The maximum Gasteiger partial charge on any atom is 0.168 e. The molecular formula is C11H16N2OS2. The predicted molar refractivity (Wildman–Crippen MR) is 74.1 cm³/mol. The van der Waals surface area contributed by atoms with Crippen molar-refractivity contribution in [3.05, 3.63) is 30.3 Å². The number of rotatable bonds is 6. The Labute approximate surface area is 107 Å². The highest BCUT2D eigenvalue weighted by Gasteiger charge is 1.94. The van der Waals surface area contributed by atoms with E-state index in [9.17, 15) is 0 Å². The highest BCUT2D eigenvalue weighted by molar-refractivity contribution is 7.80. The van der Waals surface area contributed by atoms with Crippen LogP contribution in [0.4, 0.5) is 0 Å². The monoisotopic (exact) mass is 256 g/mol. The summed E-state index contributed by atoms with van der Waals surface area (Å²) in [6.07, 6.45) is 0.991. The zero-order valence-electron chi connectivity index (χ0n) is 8.98. The lowest BCUT2D eigenvalue weighted by atomic mass is 10.3. The van der Waals surface area contributed by atoms with Crippen LogP contribution in [-0.4, -0.2) is 24.1 Å². The zero-order chi connectivity index (χ0) is 11.6. The Bertz CT molecular complexity index is 306. The van der Waals surface area contributed by atoms with E-state index in [1.165, 1.54) is 0 Å². The summed E-state index contributed by atoms with van der Waals surface area (Å²) in [7, 11) is 0. The van der Waals surface area contributed by atoms with Gasteiger partial charge in [-0.1, -0.05) is 18.2 Å². The second-order valence-corrected chi connectivity index (χ2v) is 3.97. The Morgan fingerprint density at radius 3 is 2.69 bits per heavy atom. The molecule has 0 radical (unpaired) electrons. The third-order valence-electron chi connectivity index (χ3n) is 1.84. The van der Waals surface area contributed by atoms with Crippen molar-refractivity contribution in [1.82, 2.24) is 10.6 Å². The third kappa shape index (κ3) is 5.82. The van der Waals surface area contributed by atoms with Gasteiger partial charge in [-0.15, -0.1) is 0 Å². The molecule has 1 aromatic carbocycles. The lowest BCUT2D eigenvalue weighted by molar-refractivity contribution is 0.308. The van der Waals surface area contributed by atoms with E-state index in [-0.39, 0.29) is 0 Å². The van der Waals surface area contributed by atoms with Crippen LogP contribution in [0.25, 0.3) is 0 Å². The van der Waals surface area contributed by atoms with Crippen LogP contribution in [0.5, 0.6) is 5.75 Å². The standard InChI is InChI=1S/C11H16N2OS2/c15-8-4-7-12-11(16)13-9-14-10-5-2-1-3-6-10/h1-3,5-6,15H,4,7-9H2,(H2,12,13,16). The van der Waals surface area contributed by atoms with Gasteiger partial charge in [0.1, 0.15) is 5.75 Å². The van der Waals surface area contributed by atoms with Crippen molar-refractivity contribution >= 4 is 30.0 Å². The van der Waals surface area contributed by atoms with Crippen molar-refractivity contribution in [3.8, 4) is 5.75 Å². The number of ether oxygens (including phenoxy) is 1. The average molecular weight is 256 g/mol. The fraction of sp³-hybridized carbons (Fsp3) is 0.364. The maximum atomic E-state index is 5.43. The first-order chi connectivity index (χ1) is 7.83. The van der Waals surface area contributed by atoms with Gasteiger partial charge < -0.3 is 15.4 Å². The summed E-state index contributed by atoms with van der Waals surface area (Å²) < 4.78 is 5.43. The summed E-state index contributed by atoms with van der Waals surface area (Å²) in [5, 5.41) is 6.63. The average Bonchev–Trinajstić information content (AvgIpc) is 2.31. The molecule has 0 aliphatic carbocycles. The minimum absolute atomic E-state index is 0.372. The van der Waals surface area contributed by atoms with Crippen LogP contribution in [0.3, 0.4) is 0 Å². The van der Waals surface area contributed by atoms with E-state index in [1.807, 2.05) is 30.3 Å². The first-order valence-electron chi connectivity index (χ1n) is 5.13. The number of thiol groups is 1. The van der Waals surface area contributed by atoms with Crippen LogP contribution in [0, 0.1) is 0 Å². The van der Waals surface area contributed by atoms with Crippen LogP contribution in [-0.2, 0) is 0 Å². The lowest BCUT2D eigenvalue weighted by Gasteiger charge is -2.11. The molecule has 0 heterocycles. The molecule has 0 unspecified atom stereocenters. The second-order valence-electron chi connectivity index (χ2n) is 3.11. The van der Waals surface area contributed by atoms with Crippen LogP contribution < -0.4 is 15.4 Å². The number of benzene rings is 1. The molecule has 0 atom stereocenters. The molecule has 0 amide bonds. The van der Waals surface area contributed by atoms with Crippen LogP contribution in [0.15, 0.2) is 30.3 Å². The summed E-state index contributed by atoms with van der Waals surface area (Å²) in [5.74, 6) is 1.68. The molecular weight excluding hydrogens is 240 g/mol. The molecule has 0 saturated carbocycles. The summed E-state index contributed by atoms with van der Waals surface area (Å²) in [6.45, 7) is 1.21. The van der Waals surface area contributed by atoms with Crippen molar-refractivity contribution in [2.75, 3.05) is 19.0 Å². The smallest absolute Gasteiger partial charge is 0.168 e. The van der Waals surface area contributed by atoms with Gasteiger partial charge in [-0.2, -0.15) is 12.6 Å². The van der Waals surface area contributed by atoms with E-state index in [0.29, 0.717) is 11.8 Å². The van der Waals surface area contributed by atoms with Crippen molar-refractivity contribution < 1.29 is 4.74 Å². The van der Waals surface area contributed by atoms with Crippen molar-refractivity contribution in [2.24, 2.45) is 0 Å². The largest absolute Gasteiger partial charge is 0.473 e. The van der Waals surface area contributed by atoms with Crippen molar-refractivity contribution in [1.29, 1.82) is 0 Å². The number of hydrogen-bond acceptors (Lipinski definition) is 3. The number of para-hydroxylation sites is 1. The van der Waals surface area contributed by atoms with E-state index in [4.69, 9.17) is 17.0 Å². The summed E-state index contributed by atoms with van der Waals surface area (Å²) in [6, 6.07) is 9.61. The number of hydrogen-bond donors (Lipinski definition) is 3. The topological polar surface area (TPSA) is 33.3 Å². The minimum atomic E-state index is 0.372. The van der Waals surface area contributed by atoms with E-state index in [2.05, 4.69) is 23.3 Å². The first kappa shape index (κ1) is 13.1. The number of nitrogens with one attached hydrogen (secondary N) is 2. The predicted octanol–water partition coefficient (Wildman–Crippen LogP) is 1.81. The highest BCUT2D eigenvalue weighted by Crippen LogP contribution is 2.06. The van der Waals surface area contributed by atoms with Gasteiger partial charge >= 0.3 is 0 Å². The molecule has 0 spiro atoms. The normalized spacial score (nSPS) is 9.56. The van der Waals surface area contributed by atoms with Crippen LogP contribution in [0.2, 0.25) is 0 Å². The molecule has 3 nitrogen and oxygen atoms in total. The molecule has 16 heavy (non-hydrogen) atoms. The van der Waals surface area contributed by atoms with Gasteiger partial charge in [-0.25, -0.2) is 0 Å². The molecule has 0 saturated heterocycles. The maximum absolute atomic E-state index is 5.43. The molecule has 2 N–H and O–H groups in total. The van der Waals surface area contributed by atoms with Crippen molar-refractivity contribution in [2.45, 2.75) is 6.42 Å². The fourth-order valence-electron chi connectivity index (χ4n) is 1.05. The van der Waals surface area contributed by atoms with Gasteiger partial charge in [0.25, 0.3) is 0 Å². The quantitative estimate of drug-likeness (QED) is 0.314. The summed E-state index contributed by atoms with van der Waals surface area (Å²) in [5.41, 5.74) is 0. The summed E-state index contributed by atoms with van der Waals surface area (Å²) >= 11 is 9.17. The van der Waals surface area contributed by atoms with Gasteiger partial charge in [0, 0.05) is 6.54 Å². The SMILES string of the molecule is S=C(NCCCS)NCOc1ccccc1. The van der Waals surface area contributed by atoms with E-state index in [1.54, 1.807) is 0 Å². The minimum Gasteiger partial charge on any atom is -0.473 e. The van der Waals surface area contributed by atoms with Crippen molar-refractivity contribution in [3.63, 3.8) is 0 Å². The Morgan fingerprint density at radius 1 is 1.25 bits per heavy atom. The van der Waals surface area contributed by atoms with E-state index >= 15 is 0 Å². The number of thiocarbonyl (C=S) groups is 1. The third-order valence-corrected chi connectivity index (χ3v) is 2.44.